The molecule has 0 spiro atoms. The quantitative estimate of drug-likeness (QED) is 0.338. The van der Waals surface area contributed by atoms with Crippen LogP contribution >= 0.6 is 0 Å². The van der Waals surface area contributed by atoms with Crippen molar-refractivity contribution in [2.75, 3.05) is 40.4 Å². The number of nitrogens with zero attached hydrogens (tertiary/aromatic N) is 4. The summed E-state index contributed by atoms with van der Waals surface area (Å²) in [5, 5.41) is 10.2. The van der Waals surface area contributed by atoms with Crippen molar-refractivity contribution < 1.29 is 33.4 Å². The first kappa shape index (κ1) is 27.7. The SMILES string of the molecule is COCn1cc(C(=O)C(=O)N2CC[C@H](O)C2)c2cc(C(=O)N3CCC(Cc4ccc(F)cc4)CC3)c(OC)nc21. The average Bonchev–Trinajstić information content (AvgIpc) is 3.56. The number of aromatic nitrogens is 2. The maximum Gasteiger partial charge on any atom is 0.295 e. The first-order valence-corrected chi connectivity index (χ1v) is 13.4. The Morgan fingerprint density at radius 2 is 1.73 bits per heavy atom. The minimum Gasteiger partial charge on any atom is -0.480 e. The number of benzene rings is 1. The Morgan fingerprint density at radius 1 is 1.02 bits per heavy atom. The van der Waals surface area contributed by atoms with Crippen LogP contribution in [-0.2, 0) is 22.7 Å². The van der Waals surface area contributed by atoms with Gasteiger partial charge in [-0.1, -0.05) is 12.1 Å². The zero-order valence-electron chi connectivity index (χ0n) is 22.6. The van der Waals surface area contributed by atoms with Crippen molar-refractivity contribution in [1.29, 1.82) is 0 Å². The van der Waals surface area contributed by atoms with Gasteiger partial charge >= 0.3 is 0 Å². The highest BCUT2D eigenvalue weighted by molar-refractivity contribution is 6.45. The van der Waals surface area contributed by atoms with Crippen LogP contribution in [0.4, 0.5) is 4.39 Å². The highest BCUT2D eigenvalue weighted by atomic mass is 19.1. The van der Waals surface area contributed by atoms with Crippen molar-refractivity contribution in [3.05, 3.63) is 59.0 Å². The maximum atomic E-state index is 13.7. The van der Waals surface area contributed by atoms with E-state index in [9.17, 15) is 23.9 Å². The van der Waals surface area contributed by atoms with Crippen LogP contribution < -0.4 is 4.74 Å². The number of ketones is 1. The van der Waals surface area contributed by atoms with E-state index < -0.39 is 17.8 Å². The minimum atomic E-state index is -0.735. The van der Waals surface area contributed by atoms with Crippen molar-refractivity contribution in [3.8, 4) is 5.88 Å². The lowest BCUT2D eigenvalue weighted by Crippen LogP contribution is -2.39. The molecule has 0 aliphatic carbocycles. The summed E-state index contributed by atoms with van der Waals surface area (Å²) in [6, 6.07) is 8.09. The van der Waals surface area contributed by atoms with Crippen LogP contribution in [0.1, 0.15) is 45.5 Å². The second-order valence-electron chi connectivity index (χ2n) is 10.4. The number of rotatable bonds is 8. The van der Waals surface area contributed by atoms with Crippen LogP contribution in [0, 0.1) is 11.7 Å². The molecule has 1 atom stereocenters. The molecule has 1 aromatic carbocycles. The third kappa shape index (κ3) is 5.57. The lowest BCUT2D eigenvalue weighted by molar-refractivity contribution is -0.125. The van der Waals surface area contributed by atoms with Crippen LogP contribution in [0.5, 0.6) is 5.88 Å². The van der Waals surface area contributed by atoms with Gasteiger partial charge in [0.2, 0.25) is 5.88 Å². The molecule has 2 aromatic heterocycles. The largest absolute Gasteiger partial charge is 0.480 e. The first-order chi connectivity index (χ1) is 19.3. The number of likely N-dealkylation sites (tertiary alicyclic amines) is 2. The first-order valence-electron chi connectivity index (χ1n) is 13.4. The standard InChI is InChI=1S/C29H33FN4O6/c1-39-17-34-16-24(25(36)29(38)33-12-9-21(35)15-33)22-14-23(27(40-2)31-26(22)34)28(37)32-10-7-19(8-11-32)13-18-3-5-20(30)6-4-18/h3-6,14,16,19,21,35H,7-13,15,17H2,1-2H3/t21-/m0/s1. The van der Waals surface area contributed by atoms with E-state index in [0.29, 0.717) is 43.0 Å². The average molecular weight is 553 g/mol. The zero-order valence-corrected chi connectivity index (χ0v) is 22.6. The maximum absolute atomic E-state index is 13.7. The van der Waals surface area contributed by atoms with Crippen LogP contribution in [0.15, 0.2) is 36.5 Å². The molecule has 11 heteroatoms. The fourth-order valence-electron chi connectivity index (χ4n) is 5.57. The van der Waals surface area contributed by atoms with Crippen molar-refractivity contribution in [2.24, 2.45) is 5.92 Å². The number of β-amino-alcohol motifs (C(OH)–C–C–N with tert-alkyl or cyclic N) is 1. The number of hydrogen-bond donors (Lipinski definition) is 1. The van der Waals surface area contributed by atoms with E-state index in [1.54, 1.807) is 27.7 Å². The normalized spacial score (nSPS) is 17.9. The van der Waals surface area contributed by atoms with Crippen molar-refractivity contribution in [3.63, 3.8) is 0 Å². The Labute approximate surface area is 231 Å². The molecule has 1 N–H and O–H groups in total. The number of fused-ring (bicyclic) bond motifs is 1. The van der Waals surface area contributed by atoms with Crippen LogP contribution in [0.3, 0.4) is 0 Å². The van der Waals surface area contributed by atoms with E-state index in [2.05, 4.69) is 4.98 Å². The third-order valence-corrected chi connectivity index (χ3v) is 7.74. The number of methoxy groups -OCH3 is 2. The van der Waals surface area contributed by atoms with Gasteiger partial charge < -0.3 is 28.9 Å². The fraction of sp³-hybridized carbons (Fsp3) is 0.448. The predicted octanol–water partition coefficient (Wildman–Crippen LogP) is 2.66. The second-order valence-corrected chi connectivity index (χ2v) is 10.4. The number of amides is 2. The molecule has 2 aliphatic heterocycles. The Kier molecular flexibility index (Phi) is 8.13. The lowest BCUT2D eigenvalue weighted by atomic mass is 9.90. The summed E-state index contributed by atoms with van der Waals surface area (Å²) in [5.74, 6) is -1.47. The van der Waals surface area contributed by atoms with E-state index in [1.807, 2.05) is 0 Å². The van der Waals surface area contributed by atoms with Crippen LogP contribution in [0.2, 0.25) is 0 Å². The van der Waals surface area contributed by atoms with Gasteiger partial charge in [0.15, 0.2) is 0 Å². The van der Waals surface area contributed by atoms with Gasteiger partial charge in [0.1, 0.15) is 23.8 Å². The lowest BCUT2D eigenvalue weighted by Gasteiger charge is -2.32. The summed E-state index contributed by atoms with van der Waals surface area (Å²) in [6.45, 7) is 1.56. The number of carbonyl (C=O) groups is 3. The highest BCUT2D eigenvalue weighted by Crippen LogP contribution is 2.30. The van der Waals surface area contributed by atoms with Crippen molar-refractivity contribution in [2.45, 2.75) is 38.5 Å². The van der Waals surface area contributed by atoms with Gasteiger partial charge in [-0.3, -0.25) is 14.4 Å². The summed E-state index contributed by atoms with van der Waals surface area (Å²) in [5.41, 5.74) is 1.74. The number of aliphatic hydroxyl groups is 1. The molecule has 3 aromatic rings. The van der Waals surface area contributed by atoms with E-state index in [4.69, 9.17) is 9.47 Å². The summed E-state index contributed by atoms with van der Waals surface area (Å²) in [4.78, 5) is 47.6. The number of piperidine rings is 1. The number of pyridine rings is 1. The molecule has 0 unspecified atom stereocenters. The van der Waals surface area contributed by atoms with Gasteiger partial charge in [-0.15, -0.1) is 0 Å². The fourth-order valence-corrected chi connectivity index (χ4v) is 5.57. The molecule has 2 amide bonds. The molecule has 212 valence electrons. The van der Waals surface area contributed by atoms with E-state index in [-0.39, 0.29) is 42.0 Å². The molecule has 2 fully saturated rings. The summed E-state index contributed by atoms with van der Waals surface area (Å²) >= 11 is 0. The molecule has 40 heavy (non-hydrogen) atoms. The smallest absolute Gasteiger partial charge is 0.295 e. The Balaban J connectivity index is 1.39. The van der Waals surface area contributed by atoms with E-state index in [0.717, 1.165) is 24.8 Å². The summed E-state index contributed by atoms with van der Waals surface area (Å²) in [6.07, 6.45) is 3.68. The molecule has 10 nitrogen and oxygen atoms in total. The number of ether oxygens (including phenoxy) is 2. The summed E-state index contributed by atoms with van der Waals surface area (Å²) in [7, 11) is 2.93. The van der Waals surface area contributed by atoms with E-state index >= 15 is 0 Å². The number of halogens is 1. The minimum absolute atomic E-state index is 0.0748. The van der Waals surface area contributed by atoms with Crippen molar-refractivity contribution in [1.82, 2.24) is 19.4 Å². The van der Waals surface area contributed by atoms with Gasteiger partial charge in [-0.2, -0.15) is 4.98 Å². The number of aliphatic hydroxyl groups excluding tert-OH is 1. The Morgan fingerprint density at radius 3 is 2.35 bits per heavy atom. The second kappa shape index (κ2) is 11.7. The Bertz CT molecular complexity index is 1410. The number of Topliss-reactive ketones (excluding diaryl/α,β-unsaturated/α-hetero) is 1. The molecule has 5 rings (SSSR count). The van der Waals surface area contributed by atoms with Gasteiger partial charge in [0.25, 0.3) is 17.6 Å². The molecule has 4 heterocycles. The number of carbonyl (C=O) groups excluding carboxylic acids is 3. The molecular weight excluding hydrogens is 519 g/mol. The highest BCUT2D eigenvalue weighted by Gasteiger charge is 2.33. The zero-order chi connectivity index (χ0) is 28.4. The van der Waals surface area contributed by atoms with Gasteiger partial charge in [0.05, 0.1) is 18.8 Å². The molecule has 2 aliphatic rings. The van der Waals surface area contributed by atoms with Crippen molar-refractivity contribution >= 4 is 28.6 Å². The Hall–Kier alpha value is -3.83. The topological polar surface area (TPSA) is 114 Å². The number of hydrogen-bond acceptors (Lipinski definition) is 7. The van der Waals surface area contributed by atoms with Gasteiger partial charge in [-0.05, 0) is 55.4 Å². The third-order valence-electron chi connectivity index (χ3n) is 7.74. The van der Waals surface area contributed by atoms with Crippen LogP contribution in [0.25, 0.3) is 11.0 Å². The summed E-state index contributed by atoms with van der Waals surface area (Å²) < 4.78 is 25.6. The van der Waals surface area contributed by atoms with E-state index in [1.165, 1.54) is 37.4 Å². The van der Waals surface area contributed by atoms with Gasteiger partial charge in [0, 0.05) is 44.9 Å². The molecular formula is C29H33FN4O6. The molecule has 0 bridgehead atoms. The predicted molar refractivity (Wildman–Crippen MR) is 144 cm³/mol. The monoisotopic (exact) mass is 552 g/mol. The molecule has 2 saturated heterocycles. The van der Waals surface area contributed by atoms with Crippen LogP contribution in [-0.4, -0.2) is 88.6 Å². The molecule has 0 saturated carbocycles. The van der Waals surface area contributed by atoms with Gasteiger partial charge in [-0.25, -0.2) is 4.39 Å². The molecule has 0 radical (unpaired) electrons.